The van der Waals surface area contributed by atoms with Gasteiger partial charge in [0, 0.05) is 5.71 Å². The molecule has 1 heterocycles. The molecule has 0 aromatic heterocycles. The Hall–Kier alpha value is -2.09. The smallest absolute Gasteiger partial charge is 0.439 e. The number of alkyl halides is 3. The third-order valence-electron chi connectivity index (χ3n) is 7.46. The zero-order valence-electron chi connectivity index (χ0n) is 20.3. The van der Waals surface area contributed by atoms with Crippen molar-refractivity contribution in [3.63, 3.8) is 0 Å². The lowest BCUT2D eigenvalue weighted by molar-refractivity contribution is -0.318. The fourth-order valence-corrected chi connectivity index (χ4v) is 4.72. The average Bonchev–Trinajstić information content (AvgIpc) is 3.05. The third-order valence-corrected chi connectivity index (χ3v) is 7.46. The van der Waals surface area contributed by atoms with Crippen LogP contribution in [0.3, 0.4) is 0 Å². The Morgan fingerprint density at radius 2 is 1.79 bits per heavy atom. The second-order valence-electron chi connectivity index (χ2n) is 10.9. The summed E-state index contributed by atoms with van der Waals surface area (Å²) in [7, 11) is 0. The van der Waals surface area contributed by atoms with Gasteiger partial charge in [-0.15, -0.1) is 0 Å². The number of benzene rings is 1. The number of hydrazone groups is 1. The van der Waals surface area contributed by atoms with Gasteiger partial charge in [0.15, 0.2) is 6.61 Å². The van der Waals surface area contributed by atoms with Crippen LogP contribution < -0.4 is 4.74 Å². The molecule has 0 unspecified atom stereocenters. The number of rotatable bonds is 5. The molecule has 0 bridgehead atoms. The van der Waals surface area contributed by atoms with Crippen LogP contribution in [0.25, 0.3) is 0 Å². The first-order valence-corrected chi connectivity index (χ1v) is 11.5. The predicted molar refractivity (Wildman–Crippen MR) is 121 cm³/mol. The molecule has 33 heavy (non-hydrogen) atoms. The first-order chi connectivity index (χ1) is 15.1. The number of nitrogens with zero attached hydrogens (tertiary/aromatic N) is 2. The fraction of sp³-hybridized carbons (Fsp3) is 0.680. The van der Waals surface area contributed by atoms with Crippen LogP contribution in [0.15, 0.2) is 29.4 Å². The number of hydrogen-bond donors (Lipinski definition) is 1. The number of fused-ring (bicyclic) bond motifs is 1. The van der Waals surface area contributed by atoms with Gasteiger partial charge < -0.3 is 9.84 Å². The summed E-state index contributed by atoms with van der Waals surface area (Å²) < 4.78 is 48.0. The normalized spacial score (nSPS) is 26.1. The summed E-state index contributed by atoms with van der Waals surface area (Å²) in [6.07, 6.45) is -3.09. The Morgan fingerprint density at radius 3 is 2.30 bits per heavy atom. The number of amides is 1. The zero-order chi connectivity index (χ0) is 24.8. The molecule has 1 N–H and O–H groups in total. The van der Waals surface area contributed by atoms with Crippen molar-refractivity contribution in [2.75, 3.05) is 6.61 Å². The van der Waals surface area contributed by atoms with Crippen LogP contribution in [-0.2, 0) is 10.2 Å². The highest BCUT2D eigenvalue weighted by molar-refractivity contribution is 5.93. The Labute approximate surface area is 194 Å². The molecule has 1 aliphatic heterocycles. The number of carbonyl (C=O) groups excluding carboxylic acids is 1. The van der Waals surface area contributed by atoms with E-state index in [4.69, 9.17) is 4.74 Å². The summed E-state index contributed by atoms with van der Waals surface area (Å²) in [5, 5.41) is 15.1. The maximum absolute atomic E-state index is 14.2. The molecule has 1 amide bonds. The van der Waals surface area contributed by atoms with Gasteiger partial charge in [-0.1, -0.05) is 60.1 Å². The van der Waals surface area contributed by atoms with E-state index in [0.29, 0.717) is 18.6 Å². The summed E-state index contributed by atoms with van der Waals surface area (Å²) in [4.78, 5) is 12.8. The lowest BCUT2D eigenvalue weighted by atomic mass is 9.64. The van der Waals surface area contributed by atoms with E-state index in [2.05, 4.69) is 25.9 Å². The third kappa shape index (κ3) is 4.77. The monoisotopic (exact) mass is 468 g/mol. The Balaban J connectivity index is 1.79. The van der Waals surface area contributed by atoms with Crippen LogP contribution in [-0.4, -0.2) is 40.2 Å². The second kappa shape index (κ2) is 8.60. The summed E-state index contributed by atoms with van der Waals surface area (Å²) >= 11 is 0. The molecule has 1 aliphatic carbocycles. The van der Waals surface area contributed by atoms with Crippen molar-refractivity contribution in [2.24, 2.45) is 22.4 Å². The molecule has 1 saturated carbocycles. The summed E-state index contributed by atoms with van der Waals surface area (Å²) in [6.45, 7) is 11.6. The highest BCUT2D eigenvalue weighted by Gasteiger charge is 2.69. The van der Waals surface area contributed by atoms with Crippen LogP contribution in [0, 0.1) is 17.3 Å². The van der Waals surface area contributed by atoms with Crippen molar-refractivity contribution in [1.82, 2.24) is 5.01 Å². The van der Waals surface area contributed by atoms with Gasteiger partial charge in [-0.05, 0) is 53.7 Å². The maximum atomic E-state index is 14.2. The van der Waals surface area contributed by atoms with Gasteiger partial charge in [0.05, 0.1) is 5.92 Å². The zero-order valence-corrected chi connectivity index (χ0v) is 20.3. The Morgan fingerprint density at radius 1 is 1.18 bits per heavy atom. The first kappa shape index (κ1) is 25.5. The van der Waals surface area contributed by atoms with E-state index in [9.17, 15) is 23.1 Å². The molecule has 0 spiro atoms. The number of aliphatic hydroxyl groups is 1. The largest absolute Gasteiger partial charge is 0.484 e. The lowest BCUT2D eigenvalue weighted by Gasteiger charge is -2.43. The molecular weight excluding hydrogens is 433 g/mol. The van der Waals surface area contributed by atoms with Crippen molar-refractivity contribution >= 4 is 11.6 Å². The first-order valence-electron chi connectivity index (χ1n) is 11.5. The number of carbonyl (C=O) groups is 1. The van der Waals surface area contributed by atoms with Gasteiger partial charge in [-0.25, -0.2) is 0 Å². The highest BCUT2D eigenvalue weighted by atomic mass is 19.4. The van der Waals surface area contributed by atoms with Crippen molar-refractivity contribution < 1.29 is 27.8 Å². The number of hydrogen-bond acceptors (Lipinski definition) is 4. The lowest BCUT2D eigenvalue weighted by Crippen LogP contribution is -2.62. The van der Waals surface area contributed by atoms with Crippen LogP contribution in [0.4, 0.5) is 13.2 Å². The van der Waals surface area contributed by atoms with E-state index in [1.54, 1.807) is 12.1 Å². The molecule has 3 rings (SSSR count). The quantitative estimate of drug-likeness (QED) is 0.606. The van der Waals surface area contributed by atoms with E-state index >= 15 is 0 Å². The maximum Gasteiger partial charge on any atom is 0.439 e. The topological polar surface area (TPSA) is 62.1 Å². The predicted octanol–water partition coefficient (Wildman–Crippen LogP) is 5.66. The number of halogens is 3. The van der Waals surface area contributed by atoms with Gasteiger partial charge in [0.25, 0.3) is 11.6 Å². The van der Waals surface area contributed by atoms with E-state index in [-0.39, 0.29) is 33.9 Å². The molecule has 2 aliphatic rings. The van der Waals surface area contributed by atoms with Gasteiger partial charge in [0.2, 0.25) is 0 Å². The summed E-state index contributed by atoms with van der Waals surface area (Å²) in [5.74, 6) is -1.94. The molecule has 0 saturated heterocycles. The summed E-state index contributed by atoms with van der Waals surface area (Å²) in [5.41, 5.74) is -2.30. The molecule has 1 aromatic rings. The molecule has 1 aromatic carbocycles. The van der Waals surface area contributed by atoms with Crippen LogP contribution in [0.5, 0.6) is 5.75 Å². The van der Waals surface area contributed by atoms with E-state index in [1.165, 1.54) is 0 Å². The SMILES string of the molecule is CCC(C)(C)[C@@H]1CCC2=NN(C(=O)COc3ccc(C(C)(C)C)cc3)[C@@](O)(C(F)(F)F)[C@H]2C1. The van der Waals surface area contributed by atoms with E-state index < -0.39 is 30.3 Å². The second-order valence-corrected chi connectivity index (χ2v) is 10.9. The molecule has 3 atom stereocenters. The van der Waals surface area contributed by atoms with E-state index in [0.717, 1.165) is 12.0 Å². The average molecular weight is 469 g/mol. The standard InChI is InChI=1S/C25H35F3N2O3/c1-7-23(5,6)17-10-13-20-19(14-17)24(32,25(26,27)28)30(29-20)21(31)15-33-18-11-8-16(9-12-18)22(2,3)4/h8-9,11-12,17,19,32H,7,10,13-15H2,1-6H3/t17-,19+,24+/m1/s1. The van der Waals surface area contributed by atoms with Gasteiger partial charge >= 0.3 is 6.18 Å². The van der Waals surface area contributed by atoms with Gasteiger partial charge in [0.1, 0.15) is 5.75 Å². The van der Waals surface area contributed by atoms with E-state index in [1.807, 2.05) is 32.9 Å². The van der Waals surface area contributed by atoms with Crippen molar-refractivity contribution in [3.8, 4) is 5.75 Å². The molecular formula is C25H35F3N2O3. The van der Waals surface area contributed by atoms with Gasteiger partial charge in [-0.3, -0.25) is 4.79 Å². The highest BCUT2D eigenvalue weighted by Crippen LogP contribution is 2.52. The molecule has 1 fully saturated rings. The molecule has 0 radical (unpaired) electrons. The van der Waals surface area contributed by atoms with Crippen LogP contribution >= 0.6 is 0 Å². The van der Waals surface area contributed by atoms with Crippen molar-refractivity contribution in [1.29, 1.82) is 0 Å². The van der Waals surface area contributed by atoms with Crippen LogP contribution in [0.1, 0.15) is 72.8 Å². The Kier molecular flexibility index (Phi) is 6.65. The minimum Gasteiger partial charge on any atom is -0.484 e. The molecule has 8 heteroatoms. The fourth-order valence-electron chi connectivity index (χ4n) is 4.72. The van der Waals surface area contributed by atoms with Crippen molar-refractivity contribution in [2.45, 2.75) is 84.5 Å². The van der Waals surface area contributed by atoms with Crippen LogP contribution in [0.2, 0.25) is 0 Å². The molecule has 184 valence electrons. The Bertz CT molecular complexity index is 903. The molecule has 5 nitrogen and oxygen atoms in total. The van der Waals surface area contributed by atoms with Gasteiger partial charge in [-0.2, -0.15) is 23.3 Å². The minimum atomic E-state index is -5.05. The summed E-state index contributed by atoms with van der Waals surface area (Å²) in [6, 6.07) is 7.06. The van der Waals surface area contributed by atoms with Crippen molar-refractivity contribution in [3.05, 3.63) is 29.8 Å². The minimum absolute atomic E-state index is 0.00652. The number of ether oxygens (including phenoxy) is 1.